The first-order valence-corrected chi connectivity index (χ1v) is 12.2. The van der Waals surface area contributed by atoms with Gasteiger partial charge < -0.3 is 20.2 Å². The number of hydrogen-bond acceptors (Lipinski definition) is 6. The molecule has 1 aliphatic rings. The lowest BCUT2D eigenvalue weighted by Gasteiger charge is -2.51. The second kappa shape index (κ2) is 7.76. The molecule has 0 saturated carbocycles. The van der Waals surface area contributed by atoms with E-state index in [2.05, 4.69) is 49.5 Å². The lowest BCUT2D eigenvalue weighted by atomic mass is 9.76. The van der Waals surface area contributed by atoms with Crippen molar-refractivity contribution >= 4 is 20.1 Å². The van der Waals surface area contributed by atoms with E-state index in [1.54, 1.807) is 0 Å². The fourth-order valence-corrected chi connectivity index (χ4v) is 4.85. The number of piperidine rings is 1. The van der Waals surface area contributed by atoms with Gasteiger partial charge in [-0.1, -0.05) is 27.7 Å². The molecule has 0 radical (unpaired) electrons. The van der Waals surface area contributed by atoms with Crippen molar-refractivity contribution < 1.29 is 19.3 Å². The summed E-state index contributed by atoms with van der Waals surface area (Å²) in [6.07, 6.45) is 0.775. The van der Waals surface area contributed by atoms with Crippen LogP contribution in [-0.2, 0) is 9.96 Å². The number of nitro groups is 1. The van der Waals surface area contributed by atoms with Gasteiger partial charge in [0.1, 0.15) is 11.7 Å². The molecule has 2 rings (SSSR count). The van der Waals surface area contributed by atoms with Crippen LogP contribution in [0.2, 0.25) is 18.1 Å². The minimum Gasteiger partial charge on any atom is -0.465 e. The van der Waals surface area contributed by atoms with Gasteiger partial charge in [0.25, 0.3) is 5.69 Å². The molecule has 2 heterocycles. The molecule has 1 aromatic rings. The first-order chi connectivity index (χ1) is 12.8. The van der Waals surface area contributed by atoms with Crippen molar-refractivity contribution in [3.05, 3.63) is 34.1 Å². The SMILES string of the molecule is C[C@H]1CNC[C@](NC(=O)O)(c2ccncc2[N+](=O)[O-])[C@@H]1O[Si](C)(C)C(C)(C)C. The van der Waals surface area contributed by atoms with E-state index in [0.717, 1.165) is 6.20 Å². The summed E-state index contributed by atoms with van der Waals surface area (Å²) in [5.74, 6) is -0.0671. The standard InChI is InChI=1S/C18H30N4O5Si/c1-12-9-20-11-18(21-16(23)24,13-7-8-19-10-14(13)22(25)26)15(12)27-28(5,6)17(2,3)4/h7-8,10,12,15,20-21H,9,11H2,1-6H3,(H,23,24)/t12-,15+,18-/m0/s1. The first kappa shape index (κ1) is 22.2. The van der Waals surface area contributed by atoms with E-state index in [1.165, 1.54) is 12.3 Å². The minimum atomic E-state index is -2.30. The highest BCUT2D eigenvalue weighted by atomic mass is 28.4. The molecule has 0 unspecified atom stereocenters. The summed E-state index contributed by atoms with van der Waals surface area (Å²) in [7, 11) is -2.30. The first-order valence-electron chi connectivity index (χ1n) is 9.30. The van der Waals surface area contributed by atoms with Crippen molar-refractivity contribution in [1.82, 2.24) is 15.6 Å². The predicted molar refractivity (Wildman–Crippen MR) is 108 cm³/mol. The van der Waals surface area contributed by atoms with Crippen LogP contribution >= 0.6 is 0 Å². The number of rotatable bonds is 5. The van der Waals surface area contributed by atoms with Crippen LogP contribution < -0.4 is 10.6 Å². The van der Waals surface area contributed by atoms with Gasteiger partial charge in [-0.2, -0.15) is 0 Å². The molecule has 1 saturated heterocycles. The Morgan fingerprint density at radius 3 is 2.68 bits per heavy atom. The number of hydrogen-bond donors (Lipinski definition) is 3. The number of aromatic nitrogens is 1. The van der Waals surface area contributed by atoms with Crippen molar-refractivity contribution in [1.29, 1.82) is 0 Å². The highest BCUT2D eigenvalue weighted by Crippen LogP contribution is 2.44. The van der Waals surface area contributed by atoms with E-state index in [-0.39, 0.29) is 28.8 Å². The van der Waals surface area contributed by atoms with E-state index >= 15 is 0 Å². The summed E-state index contributed by atoms with van der Waals surface area (Å²) >= 11 is 0. The average Bonchev–Trinajstić information content (AvgIpc) is 2.56. The summed E-state index contributed by atoms with van der Waals surface area (Å²) in [4.78, 5) is 26.8. The van der Waals surface area contributed by atoms with Crippen LogP contribution in [0.15, 0.2) is 18.5 Å². The largest absolute Gasteiger partial charge is 0.465 e. The van der Waals surface area contributed by atoms with Gasteiger partial charge in [-0.05, 0) is 30.1 Å². The number of pyridine rings is 1. The molecule has 28 heavy (non-hydrogen) atoms. The Morgan fingerprint density at radius 1 is 1.50 bits per heavy atom. The van der Waals surface area contributed by atoms with Crippen molar-refractivity contribution in [2.24, 2.45) is 5.92 Å². The summed E-state index contributed by atoms with van der Waals surface area (Å²) in [6.45, 7) is 13.3. The zero-order chi connectivity index (χ0) is 21.3. The maximum atomic E-state index is 11.8. The molecule has 0 bridgehead atoms. The van der Waals surface area contributed by atoms with Crippen LogP contribution in [0.5, 0.6) is 0 Å². The Labute approximate surface area is 166 Å². The fraction of sp³-hybridized carbons (Fsp3) is 0.667. The van der Waals surface area contributed by atoms with Crippen LogP contribution in [0.4, 0.5) is 10.5 Å². The highest BCUT2D eigenvalue weighted by molar-refractivity contribution is 6.74. The van der Waals surface area contributed by atoms with E-state index in [9.17, 15) is 20.0 Å². The second-order valence-electron chi connectivity index (χ2n) is 8.96. The van der Waals surface area contributed by atoms with E-state index in [0.29, 0.717) is 6.54 Å². The predicted octanol–water partition coefficient (Wildman–Crippen LogP) is 3.08. The van der Waals surface area contributed by atoms with Gasteiger partial charge in [0, 0.05) is 19.3 Å². The van der Waals surface area contributed by atoms with Crippen LogP contribution in [0.3, 0.4) is 0 Å². The van der Waals surface area contributed by atoms with Crippen LogP contribution in [0.1, 0.15) is 33.3 Å². The van der Waals surface area contributed by atoms with Gasteiger partial charge in [0.05, 0.1) is 16.6 Å². The van der Waals surface area contributed by atoms with Crippen molar-refractivity contribution in [2.75, 3.05) is 13.1 Å². The highest BCUT2D eigenvalue weighted by Gasteiger charge is 2.54. The second-order valence-corrected chi connectivity index (χ2v) is 13.7. The molecule has 0 aliphatic carbocycles. The van der Waals surface area contributed by atoms with Crippen molar-refractivity contribution in [2.45, 2.75) is 57.5 Å². The Hall–Kier alpha value is -2.04. The number of nitrogens with one attached hydrogen (secondary N) is 2. The molecule has 1 aliphatic heterocycles. The Morgan fingerprint density at radius 2 is 2.14 bits per heavy atom. The molecular weight excluding hydrogens is 380 g/mol. The Balaban J connectivity index is 2.68. The van der Waals surface area contributed by atoms with Crippen molar-refractivity contribution in [3.8, 4) is 0 Å². The lowest BCUT2D eigenvalue weighted by Crippen LogP contribution is -2.68. The van der Waals surface area contributed by atoms with Gasteiger partial charge in [0.15, 0.2) is 8.32 Å². The summed E-state index contributed by atoms with van der Waals surface area (Å²) < 4.78 is 6.69. The summed E-state index contributed by atoms with van der Waals surface area (Å²) in [5.41, 5.74) is -1.27. The molecule has 1 amide bonds. The number of carbonyl (C=O) groups is 1. The van der Waals surface area contributed by atoms with E-state index in [4.69, 9.17) is 4.43 Å². The molecule has 0 spiro atoms. The third kappa shape index (κ3) is 4.18. The molecule has 3 atom stereocenters. The van der Waals surface area contributed by atoms with Crippen LogP contribution in [-0.4, -0.2) is 48.6 Å². The monoisotopic (exact) mass is 410 g/mol. The zero-order valence-corrected chi connectivity index (χ0v) is 18.3. The number of amides is 1. The summed E-state index contributed by atoms with van der Waals surface area (Å²) in [6, 6.07) is 1.51. The lowest BCUT2D eigenvalue weighted by molar-refractivity contribution is -0.386. The maximum Gasteiger partial charge on any atom is 0.405 e. The normalized spacial score (nSPS) is 25.9. The van der Waals surface area contributed by atoms with E-state index < -0.39 is 31.0 Å². The van der Waals surface area contributed by atoms with Crippen LogP contribution in [0, 0.1) is 16.0 Å². The molecule has 10 heteroatoms. The van der Waals surface area contributed by atoms with E-state index in [1.807, 2.05) is 6.92 Å². The third-order valence-corrected chi connectivity index (χ3v) is 10.4. The van der Waals surface area contributed by atoms with Gasteiger partial charge in [-0.25, -0.2) is 4.79 Å². The Bertz CT molecular complexity index is 752. The smallest absolute Gasteiger partial charge is 0.405 e. The number of nitrogens with zero attached hydrogens (tertiary/aromatic N) is 2. The molecule has 0 aromatic carbocycles. The molecular formula is C18H30N4O5Si. The fourth-order valence-electron chi connectivity index (χ4n) is 3.43. The van der Waals surface area contributed by atoms with Gasteiger partial charge in [-0.3, -0.25) is 15.1 Å². The van der Waals surface area contributed by atoms with Gasteiger partial charge in [0.2, 0.25) is 0 Å². The topological polar surface area (TPSA) is 127 Å². The minimum absolute atomic E-state index is 0.0671. The molecule has 156 valence electrons. The van der Waals surface area contributed by atoms with Crippen molar-refractivity contribution in [3.63, 3.8) is 0 Å². The molecule has 1 fully saturated rings. The molecule has 1 aromatic heterocycles. The summed E-state index contributed by atoms with van der Waals surface area (Å²) in [5, 5.41) is 27.0. The maximum absolute atomic E-state index is 11.8. The third-order valence-electron chi connectivity index (χ3n) is 5.91. The molecule has 9 nitrogen and oxygen atoms in total. The number of carboxylic acid groups (broad SMARTS) is 1. The zero-order valence-electron chi connectivity index (χ0n) is 17.3. The van der Waals surface area contributed by atoms with Gasteiger partial charge >= 0.3 is 6.09 Å². The average molecular weight is 411 g/mol. The quantitative estimate of drug-likeness (QED) is 0.387. The Kier molecular flexibility index (Phi) is 6.17. The molecule has 3 N–H and O–H groups in total. The van der Waals surface area contributed by atoms with Gasteiger partial charge in [-0.15, -0.1) is 0 Å². The van der Waals surface area contributed by atoms with Crippen LogP contribution in [0.25, 0.3) is 0 Å².